The normalized spacial score (nSPS) is 13.2. The van der Waals surface area contributed by atoms with Crippen LogP contribution in [0.1, 0.15) is 0 Å². The fourth-order valence-electron chi connectivity index (χ4n) is 2.04. The number of hydrogen-bond acceptors (Lipinski definition) is 2. The molecule has 1 fully saturated rings. The van der Waals surface area contributed by atoms with Crippen LogP contribution in [0.25, 0.3) is 21.8 Å². The first kappa shape index (κ1) is 11.1. The van der Waals surface area contributed by atoms with Crippen molar-refractivity contribution in [3.05, 3.63) is 42.5 Å². The van der Waals surface area contributed by atoms with Gasteiger partial charge in [0.05, 0.1) is 25.8 Å². The first-order chi connectivity index (χ1) is 8.90. The summed E-state index contributed by atoms with van der Waals surface area (Å²) in [6.45, 7) is 2.00. The number of nitrogens with one attached hydrogen (secondary N) is 1. The zero-order valence-corrected chi connectivity index (χ0v) is 10.3. The average molecular weight is 241 g/mol. The molecule has 3 heteroatoms. The molecule has 0 bridgehead atoms. The fraction of sp³-hybridized carbons (Fsp3) is 0.200. The maximum Gasteiger partial charge on any atom is 0.128 e. The van der Waals surface area contributed by atoms with Crippen LogP contribution < -0.4 is 4.74 Å². The number of methoxy groups -OCH3 is 1. The highest BCUT2D eigenvalue weighted by Gasteiger charge is 2.07. The van der Waals surface area contributed by atoms with Gasteiger partial charge in [0.1, 0.15) is 5.75 Å². The summed E-state index contributed by atoms with van der Waals surface area (Å²) in [5.41, 5.74) is 2.27. The maximum absolute atomic E-state index is 5.37. The van der Waals surface area contributed by atoms with Crippen molar-refractivity contribution in [1.29, 1.82) is 0 Å². The number of H-pyrrole nitrogens is 1. The largest absolute Gasteiger partial charge is 0.496 e. The lowest BCUT2D eigenvalue weighted by Crippen LogP contribution is -1.82. The fourth-order valence-corrected chi connectivity index (χ4v) is 2.04. The maximum atomic E-state index is 5.37. The van der Waals surface area contributed by atoms with Crippen molar-refractivity contribution in [3.8, 4) is 5.75 Å². The number of aromatic nitrogens is 1. The highest BCUT2D eigenvalue weighted by molar-refractivity contribution is 6.10. The summed E-state index contributed by atoms with van der Waals surface area (Å²) in [4.78, 5) is 3.37. The third-order valence-electron chi connectivity index (χ3n) is 2.92. The lowest BCUT2D eigenvalue weighted by Gasteiger charge is -2.00. The van der Waals surface area contributed by atoms with Crippen molar-refractivity contribution in [2.24, 2.45) is 0 Å². The first-order valence-corrected chi connectivity index (χ1v) is 6.01. The summed E-state index contributed by atoms with van der Waals surface area (Å²) in [6, 6.07) is 14.3. The molecule has 1 aromatic heterocycles. The van der Waals surface area contributed by atoms with Gasteiger partial charge in [-0.05, 0) is 18.2 Å². The number of hydrogen-bond donors (Lipinski definition) is 1. The number of rotatable bonds is 1. The minimum absolute atomic E-state index is 0.921. The van der Waals surface area contributed by atoms with Crippen LogP contribution in [-0.4, -0.2) is 25.3 Å². The average Bonchev–Trinajstić information content (AvgIpc) is 3.25. The molecule has 0 spiro atoms. The van der Waals surface area contributed by atoms with Crippen LogP contribution in [0.2, 0.25) is 0 Å². The summed E-state index contributed by atoms with van der Waals surface area (Å²) < 4.78 is 9.87. The molecule has 1 aliphatic rings. The number of ether oxygens (including phenoxy) is 2. The number of benzene rings is 2. The van der Waals surface area contributed by atoms with Crippen molar-refractivity contribution < 1.29 is 9.47 Å². The minimum atomic E-state index is 0.921. The summed E-state index contributed by atoms with van der Waals surface area (Å²) >= 11 is 0. The van der Waals surface area contributed by atoms with Crippen molar-refractivity contribution in [2.45, 2.75) is 0 Å². The van der Waals surface area contributed by atoms with Gasteiger partial charge < -0.3 is 14.5 Å². The third kappa shape index (κ3) is 2.05. The minimum Gasteiger partial charge on any atom is -0.496 e. The molecule has 4 rings (SSSR count). The van der Waals surface area contributed by atoms with Crippen LogP contribution in [0.5, 0.6) is 5.75 Å². The van der Waals surface area contributed by atoms with E-state index in [0.29, 0.717) is 0 Å². The van der Waals surface area contributed by atoms with Crippen LogP contribution in [0.4, 0.5) is 0 Å². The Morgan fingerprint density at radius 2 is 1.72 bits per heavy atom. The Kier molecular flexibility index (Phi) is 2.90. The highest BCUT2D eigenvalue weighted by atomic mass is 16.6. The van der Waals surface area contributed by atoms with Crippen LogP contribution in [0, 0.1) is 0 Å². The van der Waals surface area contributed by atoms with Gasteiger partial charge in [-0.1, -0.05) is 24.3 Å². The molecule has 0 unspecified atom stereocenters. The van der Waals surface area contributed by atoms with Gasteiger partial charge in [0, 0.05) is 16.3 Å². The van der Waals surface area contributed by atoms with E-state index in [0.717, 1.165) is 35.4 Å². The van der Waals surface area contributed by atoms with Gasteiger partial charge in [-0.15, -0.1) is 0 Å². The van der Waals surface area contributed by atoms with Crippen LogP contribution in [0.3, 0.4) is 0 Å². The van der Waals surface area contributed by atoms with E-state index in [-0.39, 0.29) is 0 Å². The van der Waals surface area contributed by atoms with E-state index in [2.05, 4.69) is 27.9 Å². The molecule has 3 nitrogen and oxygen atoms in total. The smallest absolute Gasteiger partial charge is 0.128 e. The molecule has 2 aromatic carbocycles. The van der Waals surface area contributed by atoms with E-state index in [9.17, 15) is 0 Å². The van der Waals surface area contributed by atoms with E-state index in [1.165, 1.54) is 5.39 Å². The van der Waals surface area contributed by atoms with E-state index in [1.54, 1.807) is 7.11 Å². The lowest BCUT2D eigenvalue weighted by atomic mass is 10.1. The monoisotopic (exact) mass is 241 g/mol. The van der Waals surface area contributed by atoms with Crippen LogP contribution in [0.15, 0.2) is 42.5 Å². The number of para-hydroxylation sites is 1. The van der Waals surface area contributed by atoms with Crippen LogP contribution >= 0.6 is 0 Å². The molecule has 0 amide bonds. The van der Waals surface area contributed by atoms with E-state index < -0.39 is 0 Å². The van der Waals surface area contributed by atoms with Crippen LogP contribution in [-0.2, 0) is 4.74 Å². The molecule has 0 atom stereocenters. The van der Waals surface area contributed by atoms with E-state index >= 15 is 0 Å². The Morgan fingerprint density at radius 3 is 2.44 bits per heavy atom. The Morgan fingerprint density at radius 1 is 1.00 bits per heavy atom. The van der Waals surface area contributed by atoms with E-state index in [1.807, 2.05) is 24.3 Å². The van der Waals surface area contributed by atoms with Gasteiger partial charge in [0.25, 0.3) is 0 Å². The molecule has 1 saturated heterocycles. The van der Waals surface area contributed by atoms with Gasteiger partial charge in [0.15, 0.2) is 0 Å². The standard InChI is InChI=1S/C13H11NO.C2H4O/c1-15-12-8-4-7-11-13(12)9-5-2-3-6-10(9)14-11;1-2-3-1/h2-8,14H,1H3;1-2H2. The second-order valence-corrected chi connectivity index (χ2v) is 4.17. The van der Waals surface area contributed by atoms with E-state index in [4.69, 9.17) is 4.74 Å². The second-order valence-electron chi connectivity index (χ2n) is 4.17. The van der Waals surface area contributed by atoms with Crippen molar-refractivity contribution in [1.82, 2.24) is 4.98 Å². The van der Waals surface area contributed by atoms with Crippen molar-refractivity contribution in [3.63, 3.8) is 0 Å². The predicted octanol–water partition coefficient (Wildman–Crippen LogP) is 3.35. The number of epoxide rings is 1. The second kappa shape index (κ2) is 4.70. The lowest BCUT2D eigenvalue weighted by molar-refractivity contribution is 0.420. The number of aromatic amines is 1. The Hall–Kier alpha value is -2.00. The summed E-state index contributed by atoms with van der Waals surface area (Å²) in [6.07, 6.45) is 0. The quantitative estimate of drug-likeness (QED) is 0.663. The molecule has 92 valence electrons. The zero-order chi connectivity index (χ0) is 12.4. The molecular formula is C15H15NO2. The van der Waals surface area contributed by atoms with Gasteiger partial charge in [-0.25, -0.2) is 0 Å². The molecule has 1 aliphatic heterocycles. The molecule has 2 heterocycles. The Bertz CT molecular complexity index is 668. The highest BCUT2D eigenvalue weighted by Crippen LogP contribution is 2.32. The summed E-state index contributed by atoms with van der Waals surface area (Å²) in [7, 11) is 1.70. The Balaban J connectivity index is 0.000000293. The SMILES string of the molecule is C1CO1.COc1cccc2[nH]c3ccccc3c12. The van der Waals surface area contributed by atoms with Gasteiger partial charge >= 0.3 is 0 Å². The third-order valence-corrected chi connectivity index (χ3v) is 2.92. The van der Waals surface area contributed by atoms with Crippen molar-refractivity contribution >= 4 is 21.8 Å². The molecule has 0 radical (unpaired) electrons. The molecular weight excluding hydrogens is 226 g/mol. The summed E-state index contributed by atoms with van der Waals surface area (Å²) in [5, 5.41) is 2.38. The summed E-state index contributed by atoms with van der Waals surface area (Å²) in [5.74, 6) is 0.921. The van der Waals surface area contributed by atoms with Gasteiger partial charge in [-0.2, -0.15) is 0 Å². The molecule has 0 aliphatic carbocycles. The number of fused-ring (bicyclic) bond motifs is 3. The molecule has 18 heavy (non-hydrogen) atoms. The Labute approximate surface area is 105 Å². The first-order valence-electron chi connectivity index (χ1n) is 6.01. The van der Waals surface area contributed by atoms with Gasteiger partial charge in [-0.3, -0.25) is 0 Å². The topological polar surface area (TPSA) is 37.5 Å². The molecule has 3 aromatic rings. The zero-order valence-electron chi connectivity index (χ0n) is 10.3. The van der Waals surface area contributed by atoms with Crippen molar-refractivity contribution in [2.75, 3.05) is 20.3 Å². The van der Waals surface area contributed by atoms with Gasteiger partial charge in [0.2, 0.25) is 0 Å². The molecule has 0 saturated carbocycles. The molecule has 1 N–H and O–H groups in total. The predicted molar refractivity (Wildman–Crippen MR) is 73.2 cm³/mol.